The lowest BCUT2D eigenvalue weighted by Gasteiger charge is -2.36. The summed E-state index contributed by atoms with van der Waals surface area (Å²) in [5, 5.41) is 0. The Morgan fingerprint density at radius 1 is 0.833 bits per heavy atom. The van der Waals surface area contributed by atoms with Gasteiger partial charge in [-0.05, 0) is 26.0 Å². The lowest BCUT2D eigenvalue weighted by molar-refractivity contribution is -0.138. The maximum atomic E-state index is 11.8. The molecule has 1 aliphatic heterocycles. The van der Waals surface area contributed by atoms with Gasteiger partial charge in [-0.25, -0.2) is 9.59 Å². The number of para-hydroxylation sites is 2. The molecular weight excluding hydrogens is 380 g/mol. The maximum absolute atomic E-state index is 11.8. The lowest BCUT2D eigenvalue weighted by atomic mass is 9.74. The van der Waals surface area contributed by atoms with E-state index in [1.54, 1.807) is 26.0 Å². The molecule has 0 aromatic heterocycles. The van der Waals surface area contributed by atoms with Gasteiger partial charge in [-0.3, -0.25) is 0 Å². The molecule has 0 saturated heterocycles. The van der Waals surface area contributed by atoms with Crippen molar-refractivity contribution in [2.75, 3.05) is 13.2 Å². The van der Waals surface area contributed by atoms with Crippen molar-refractivity contribution in [1.82, 2.24) is 0 Å². The molecule has 2 aromatic carbocycles. The number of carbonyl (C=O) groups excluding carboxylic acids is 2. The van der Waals surface area contributed by atoms with E-state index >= 15 is 0 Å². The monoisotopic (exact) mass is 406 g/mol. The highest BCUT2D eigenvalue weighted by Gasteiger charge is 2.35. The summed E-state index contributed by atoms with van der Waals surface area (Å²) in [6, 6.07) is 11.7. The first-order valence-corrected chi connectivity index (χ1v) is 10.0. The molecule has 0 amide bonds. The van der Waals surface area contributed by atoms with E-state index in [4.69, 9.17) is 14.2 Å². The normalized spacial score (nSPS) is 14.1. The molecule has 30 heavy (non-hydrogen) atoms. The summed E-state index contributed by atoms with van der Waals surface area (Å²) < 4.78 is 16.3. The summed E-state index contributed by atoms with van der Waals surface area (Å²) in [5.41, 5.74) is 3.27. The SMILES string of the molecule is CCOC(=O)/C=C/c1cccc2c1Oc1c(/C=C/C(=O)OCC)cccc1C2(C)C. The topological polar surface area (TPSA) is 61.8 Å². The molecule has 3 rings (SSSR count). The summed E-state index contributed by atoms with van der Waals surface area (Å²) in [7, 11) is 0. The quantitative estimate of drug-likeness (QED) is 0.483. The lowest BCUT2D eigenvalue weighted by Crippen LogP contribution is -2.25. The highest BCUT2D eigenvalue weighted by atomic mass is 16.5. The minimum atomic E-state index is -0.399. The van der Waals surface area contributed by atoms with Crippen LogP contribution in [0.4, 0.5) is 0 Å². The first kappa shape index (κ1) is 21.4. The summed E-state index contributed by atoms with van der Waals surface area (Å²) >= 11 is 0. The van der Waals surface area contributed by atoms with Gasteiger partial charge in [0.15, 0.2) is 0 Å². The fourth-order valence-corrected chi connectivity index (χ4v) is 3.53. The van der Waals surface area contributed by atoms with Crippen LogP contribution in [0.5, 0.6) is 11.5 Å². The predicted octanol–water partition coefficient (Wildman–Crippen LogP) is 5.27. The number of ether oxygens (including phenoxy) is 3. The Balaban J connectivity index is 2.05. The van der Waals surface area contributed by atoms with Crippen LogP contribution >= 0.6 is 0 Å². The number of esters is 2. The Morgan fingerprint density at radius 3 is 1.67 bits per heavy atom. The van der Waals surface area contributed by atoms with Crippen LogP contribution in [0.2, 0.25) is 0 Å². The van der Waals surface area contributed by atoms with Crippen molar-refractivity contribution in [3.63, 3.8) is 0 Å². The molecule has 0 aliphatic carbocycles. The average Bonchev–Trinajstić information content (AvgIpc) is 2.71. The summed E-state index contributed by atoms with van der Waals surface area (Å²) in [5.74, 6) is 0.576. The van der Waals surface area contributed by atoms with Crippen LogP contribution in [0, 0.1) is 0 Å². The molecule has 5 heteroatoms. The van der Waals surface area contributed by atoms with Gasteiger partial charge in [0, 0.05) is 39.8 Å². The zero-order chi connectivity index (χ0) is 21.7. The van der Waals surface area contributed by atoms with Crippen molar-refractivity contribution >= 4 is 24.1 Å². The van der Waals surface area contributed by atoms with Gasteiger partial charge in [0.25, 0.3) is 0 Å². The number of fused-ring (bicyclic) bond motifs is 2. The molecule has 0 spiro atoms. The number of rotatable bonds is 6. The van der Waals surface area contributed by atoms with Crippen molar-refractivity contribution in [2.24, 2.45) is 0 Å². The zero-order valence-corrected chi connectivity index (χ0v) is 17.7. The molecule has 0 saturated carbocycles. The van der Waals surface area contributed by atoms with E-state index in [1.165, 1.54) is 12.2 Å². The molecular formula is C25H26O5. The van der Waals surface area contributed by atoms with E-state index in [1.807, 2.05) is 36.4 Å². The molecule has 0 fully saturated rings. The van der Waals surface area contributed by atoms with Crippen molar-refractivity contribution in [1.29, 1.82) is 0 Å². The number of benzene rings is 2. The Bertz CT molecular complexity index is 935. The minimum Gasteiger partial charge on any atom is -0.463 e. The highest BCUT2D eigenvalue weighted by Crippen LogP contribution is 2.50. The van der Waals surface area contributed by atoms with Crippen LogP contribution in [0.3, 0.4) is 0 Å². The van der Waals surface area contributed by atoms with Crippen LogP contribution in [-0.2, 0) is 24.5 Å². The van der Waals surface area contributed by atoms with Crippen molar-refractivity contribution in [2.45, 2.75) is 33.1 Å². The second-order valence-electron chi connectivity index (χ2n) is 7.35. The fraction of sp³-hybridized carbons (Fsp3) is 0.280. The number of hydrogen-bond acceptors (Lipinski definition) is 5. The number of carbonyl (C=O) groups is 2. The summed E-state index contributed by atoms with van der Waals surface area (Å²) in [6.07, 6.45) is 6.21. The first-order chi connectivity index (χ1) is 14.4. The zero-order valence-electron chi connectivity index (χ0n) is 17.7. The van der Waals surface area contributed by atoms with Crippen molar-refractivity contribution < 1.29 is 23.8 Å². The molecule has 5 nitrogen and oxygen atoms in total. The Hall–Kier alpha value is -3.34. The molecule has 1 aliphatic rings. The van der Waals surface area contributed by atoms with E-state index in [0.717, 1.165) is 22.3 Å². The molecule has 0 atom stereocenters. The predicted molar refractivity (Wildman–Crippen MR) is 116 cm³/mol. The molecule has 1 heterocycles. The van der Waals surface area contributed by atoms with Crippen molar-refractivity contribution in [3.8, 4) is 11.5 Å². The third-order valence-corrected chi connectivity index (χ3v) is 5.01. The third-order valence-electron chi connectivity index (χ3n) is 5.01. The summed E-state index contributed by atoms with van der Waals surface area (Å²) in [4.78, 5) is 23.5. The smallest absolute Gasteiger partial charge is 0.330 e. The molecule has 0 radical (unpaired) electrons. The second-order valence-corrected chi connectivity index (χ2v) is 7.35. The average molecular weight is 406 g/mol. The van der Waals surface area contributed by atoms with E-state index in [9.17, 15) is 9.59 Å². The second kappa shape index (κ2) is 8.99. The minimum absolute atomic E-state index is 0.323. The van der Waals surface area contributed by atoms with E-state index in [0.29, 0.717) is 24.7 Å². The van der Waals surface area contributed by atoms with Crippen LogP contribution in [0.15, 0.2) is 48.6 Å². The van der Waals surface area contributed by atoms with Gasteiger partial charge >= 0.3 is 11.9 Å². The molecule has 156 valence electrons. The molecule has 0 unspecified atom stereocenters. The Kier molecular flexibility index (Phi) is 6.40. The third kappa shape index (κ3) is 4.30. The van der Waals surface area contributed by atoms with Crippen LogP contribution in [0.1, 0.15) is 49.9 Å². The molecule has 2 aromatic rings. The van der Waals surface area contributed by atoms with E-state index in [2.05, 4.69) is 13.8 Å². The van der Waals surface area contributed by atoms with Gasteiger partial charge in [0.1, 0.15) is 11.5 Å². The van der Waals surface area contributed by atoms with Gasteiger partial charge in [0.05, 0.1) is 13.2 Å². The van der Waals surface area contributed by atoms with Gasteiger partial charge < -0.3 is 14.2 Å². The maximum Gasteiger partial charge on any atom is 0.330 e. The van der Waals surface area contributed by atoms with Gasteiger partial charge in [0.2, 0.25) is 0 Å². The molecule has 0 bridgehead atoms. The van der Waals surface area contributed by atoms with Crippen LogP contribution < -0.4 is 4.74 Å². The van der Waals surface area contributed by atoms with E-state index < -0.39 is 11.9 Å². The fourth-order valence-electron chi connectivity index (χ4n) is 3.53. The standard InChI is InChI=1S/C25H26O5/c1-5-28-21(26)15-13-17-9-7-11-19-23(17)30-24-18(14-16-22(27)29-6-2)10-8-12-20(24)25(19,3)4/h7-16H,5-6H2,1-4H3/b15-13+,16-14+. The Morgan fingerprint density at radius 2 is 1.27 bits per heavy atom. The number of hydrogen-bond donors (Lipinski definition) is 0. The first-order valence-electron chi connectivity index (χ1n) is 10.0. The molecule has 0 N–H and O–H groups in total. The van der Waals surface area contributed by atoms with Gasteiger partial charge in [-0.1, -0.05) is 50.2 Å². The van der Waals surface area contributed by atoms with Gasteiger partial charge in [-0.2, -0.15) is 0 Å². The Labute approximate surface area is 177 Å². The largest absolute Gasteiger partial charge is 0.463 e. The van der Waals surface area contributed by atoms with Crippen LogP contribution in [0.25, 0.3) is 12.2 Å². The van der Waals surface area contributed by atoms with Crippen molar-refractivity contribution in [3.05, 3.63) is 70.8 Å². The summed E-state index contributed by atoms with van der Waals surface area (Å²) in [6.45, 7) is 8.44. The van der Waals surface area contributed by atoms with Crippen LogP contribution in [-0.4, -0.2) is 25.2 Å². The van der Waals surface area contributed by atoms with E-state index in [-0.39, 0.29) is 5.41 Å². The van der Waals surface area contributed by atoms with Gasteiger partial charge in [-0.15, -0.1) is 0 Å². The highest BCUT2D eigenvalue weighted by molar-refractivity contribution is 5.89.